The third-order valence-corrected chi connectivity index (χ3v) is 3.97. The lowest BCUT2D eigenvalue weighted by Gasteiger charge is -2.13. The number of halogens is 1. The topological polar surface area (TPSA) is 76.7 Å². The highest BCUT2D eigenvalue weighted by Gasteiger charge is 2.11. The summed E-state index contributed by atoms with van der Waals surface area (Å²) >= 11 is 1.52. The Bertz CT molecular complexity index is 756. The van der Waals surface area contributed by atoms with E-state index in [2.05, 4.69) is 20.3 Å². The van der Waals surface area contributed by atoms with Crippen LogP contribution in [0.3, 0.4) is 0 Å². The van der Waals surface area contributed by atoms with Crippen LogP contribution in [0.25, 0.3) is 10.3 Å². The Morgan fingerprint density at radius 2 is 2.05 bits per heavy atom. The first kappa shape index (κ1) is 13.8. The van der Waals surface area contributed by atoms with Crippen molar-refractivity contribution in [3.05, 3.63) is 47.0 Å². The zero-order chi connectivity index (χ0) is 14.8. The van der Waals surface area contributed by atoms with Crippen molar-refractivity contribution in [3.8, 4) is 0 Å². The lowest BCUT2D eigenvalue weighted by atomic mass is 10.1. The summed E-state index contributed by atoms with van der Waals surface area (Å²) < 4.78 is 12.9. The molecule has 7 heteroatoms. The van der Waals surface area contributed by atoms with E-state index in [1.807, 2.05) is 6.92 Å². The molecule has 1 unspecified atom stereocenters. The van der Waals surface area contributed by atoms with Crippen LogP contribution in [0.4, 0.5) is 10.2 Å². The predicted octanol–water partition coefficient (Wildman–Crippen LogP) is 2.65. The third kappa shape index (κ3) is 2.98. The van der Waals surface area contributed by atoms with Gasteiger partial charge in [-0.05, 0) is 24.6 Å². The van der Waals surface area contributed by atoms with Crippen LogP contribution in [0, 0.1) is 12.7 Å². The maximum Gasteiger partial charge on any atom is 0.157 e. The smallest absolute Gasteiger partial charge is 0.157 e. The van der Waals surface area contributed by atoms with E-state index in [1.165, 1.54) is 29.8 Å². The predicted molar refractivity (Wildman–Crippen MR) is 81.8 cm³/mol. The number of nitrogens with one attached hydrogen (secondary N) is 1. The fourth-order valence-electron chi connectivity index (χ4n) is 2.02. The highest BCUT2D eigenvalue weighted by atomic mass is 32.1. The number of fused-ring (bicyclic) bond motifs is 1. The molecular formula is C14H14FN5S. The Morgan fingerprint density at radius 1 is 1.29 bits per heavy atom. The van der Waals surface area contributed by atoms with Crippen molar-refractivity contribution in [1.82, 2.24) is 15.0 Å². The standard InChI is InChI=1S/C14H14FN5S/c1-8-20-12-13(18-7-19-14(12)21-8)17-6-11(16)9-2-4-10(15)5-3-9/h2-5,7,11H,6,16H2,1H3,(H,17,18,19). The number of nitrogens with zero attached hydrogens (tertiary/aromatic N) is 3. The van der Waals surface area contributed by atoms with Crippen LogP contribution in [0.2, 0.25) is 0 Å². The minimum absolute atomic E-state index is 0.254. The quantitative estimate of drug-likeness (QED) is 0.775. The van der Waals surface area contributed by atoms with E-state index in [4.69, 9.17) is 5.73 Å². The van der Waals surface area contributed by atoms with Gasteiger partial charge in [-0.2, -0.15) is 0 Å². The fourth-order valence-corrected chi connectivity index (χ4v) is 2.78. The molecule has 3 aromatic rings. The van der Waals surface area contributed by atoms with Crippen LogP contribution in [0.5, 0.6) is 0 Å². The average molecular weight is 303 g/mol. The zero-order valence-corrected chi connectivity index (χ0v) is 12.2. The monoisotopic (exact) mass is 303 g/mol. The van der Waals surface area contributed by atoms with Gasteiger partial charge in [0.1, 0.15) is 22.5 Å². The molecule has 108 valence electrons. The molecule has 1 atom stereocenters. The highest BCUT2D eigenvalue weighted by Crippen LogP contribution is 2.24. The molecule has 21 heavy (non-hydrogen) atoms. The van der Waals surface area contributed by atoms with Gasteiger partial charge >= 0.3 is 0 Å². The number of benzene rings is 1. The summed E-state index contributed by atoms with van der Waals surface area (Å²) in [5, 5.41) is 4.13. The number of thiazole rings is 1. The Hall–Kier alpha value is -2.12. The molecule has 5 nitrogen and oxygen atoms in total. The number of nitrogens with two attached hydrogens (primary N) is 1. The molecule has 0 amide bonds. The number of aromatic nitrogens is 3. The molecule has 3 rings (SSSR count). The van der Waals surface area contributed by atoms with Crippen LogP contribution in [-0.4, -0.2) is 21.5 Å². The highest BCUT2D eigenvalue weighted by molar-refractivity contribution is 7.18. The SMILES string of the molecule is Cc1nc2c(NCC(N)c3ccc(F)cc3)ncnc2s1. The van der Waals surface area contributed by atoms with Crippen LogP contribution < -0.4 is 11.1 Å². The molecule has 0 saturated carbocycles. The van der Waals surface area contributed by atoms with E-state index < -0.39 is 0 Å². The van der Waals surface area contributed by atoms with Gasteiger partial charge in [-0.1, -0.05) is 23.5 Å². The van der Waals surface area contributed by atoms with Crippen molar-refractivity contribution in [2.45, 2.75) is 13.0 Å². The Balaban J connectivity index is 1.75. The summed E-state index contributed by atoms with van der Waals surface area (Å²) in [5.41, 5.74) is 7.72. The number of hydrogen-bond acceptors (Lipinski definition) is 6. The summed E-state index contributed by atoms with van der Waals surface area (Å²) in [6, 6.07) is 5.92. The molecule has 0 radical (unpaired) electrons. The van der Waals surface area contributed by atoms with Crippen molar-refractivity contribution in [3.63, 3.8) is 0 Å². The fraction of sp³-hybridized carbons (Fsp3) is 0.214. The first-order chi connectivity index (χ1) is 10.1. The van der Waals surface area contributed by atoms with Crippen molar-refractivity contribution < 1.29 is 4.39 Å². The van der Waals surface area contributed by atoms with Crippen LogP contribution in [0.1, 0.15) is 16.6 Å². The molecule has 2 heterocycles. The first-order valence-corrected chi connectivity index (χ1v) is 7.28. The van der Waals surface area contributed by atoms with E-state index in [0.29, 0.717) is 12.4 Å². The van der Waals surface area contributed by atoms with Crippen molar-refractivity contribution in [1.29, 1.82) is 0 Å². The molecule has 2 aromatic heterocycles. The molecule has 0 fully saturated rings. The largest absolute Gasteiger partial charge is 0.366 e. The number of rotatable bonds is 4. The minimum Gasteiger partial charge on any atom is -0.366 e. The first-order valence-electron chi connectivity index (χ1n) is 6.46. The average Bonchev–Trinajstić information content (AvgIpc) is 2.86. The normalized spacial score (nSPS) is 12.5. The molecule has 0 saturated heterocycles. The van der Waals surface area contributed by atoms with Crippen LogP contribution >= 0.6 is 11.3 Å². The summed E-state index contributed by atoms with van der Waals surface area (Å²) in [4.78, 5) is 13.7. The zero-order valence-electron chi connectivity index (χ0n) is 11.4. The summed E-state index contributed by atoms with van der Waals surface area (Å²) in [6.07, 6.45) is 1.51. The van der Waals surface area contributed by atoms with Gasteiger partial charge in [0.2, 0.25) is 0 Å². The Morgan fingerprint density at radius 3 is 2.81 bits per heavy atom. The van der Waals surface area contributed by atoms with Gasteiger partial charge in [0.25, 0.3) is 0 Å². The Kier molecular flexibility index (Phi) is 3.76. The van der Waals surface area contributed by atoms with Gasteiger partial charge in [0.05, 0.1) is 5.01 Å². The van der Waals surface area contributed by atoms with Crippen molar-refractivity contribution in [2.24, 2.45) is 5.73 Å². The van der Waals surface area contributed by atoms with Gasteiger partial charge in [0, 0.05) is 12.6 Å². The van der Waals surface area contributed by atoms with Crippen molar-refractivity contribution in [2.75, 3.05) is 11.9 Å². The molecule has 0 bridgehead atoms. The van der Waals surface area contributed by atoms with Gasteiger partial charge in [-0.25, -0.2) is 19.3 Å². The van der Waals surface area contributed by atoms with Gasteiger partial charge < -0.3 is 11.1 Å². The van der Waals surface area contributed by atoms with Crippen molar-refractivity contribution >= 4 is 27.5 Å². The number of aryl methyl sites for hydroxylation is 1. The Labute approximate surface area is 125 Å². The third-order valence-electron chi connectivity index (χ3n) is 3.09. The second-order valence-corrected chi connectivity index (χ2v) is 5.83. The van der Waals surface area contributed by atoms with E-state index in [0.717, 1.165) is 20.9 Å². The molecule has 0 aliphatic heterocycles. The lowest BCUT2D eigenvalue weighted by Crippen LogP contribution is -2.21. The molecular weight excluding hydrogens is 289 g/mol. The van der Waals surface area contributed by atoms with Gasteiger partial charge in [0.15, 0.2) is 5.82 Å². The van der Waals surface area contributed by atoms with E-state index in [9.17, 15) is 4.39 Å². The summed E-state index contributed by atoms with van der Waals surface area (Å²) in [5.74, 6) is 0.399. The minimum atomic E-state index is -0.269. The van der Waals surface area contributed by atoms with Crippen LogP contribution in [0.15, 0.2) is 30.6 Å². The van der Waals surface area contributed by atoms with Gasteiger partial charge in [-0.3, -0.25) is 0 Å². The van der Waals surface area contributed by atoms with E-state index in [-0.39, 0.29) is 11.9 Å². The molecule has 0 aliphatic carbocycles. The van der Waals surface area contributed by atoms with Crippen LogP contribution in [-0.2, 0) is 0 Å². The molecule has 0 spiro atoms. The maximum absolute atomic E-state index is 12.9. The summed E-state index contributed by atoms with van der Waals surface area (Å²) in [7, 11) is 0. The lowest BCUT2D eigenvalue weighted by molar-refractivity contribution is 0.625. The second kappa shape index (κ2) is 5.71. The number of anilines is 1. The van der Waals surface area contributed by atoms with E-state index in [1.54, 1.807) is 12.1 Å². The molecule has 0 aliphatic rings. The molecule has 1 aromatic carbocycles. The number of hydrogen-bond donors (Lipinski definition) is 2. The second-order valence-electron chi connectivity index (χ2n) is 4.65. The van der Waals surface area contributed by atoms with E-state index >= 15 is 0 Å². The summed E-state index contributed by atoms with van der Waals surface area (Å²) in [6.45, 7) is 2.41. The van der Waals surface area contributed by atoms with Gasteiger partial charge in [-0.15, -0.1) is 0 Å². The molecule has 3 N–H and O–H groups in total. The maximum atomic E-state index is 12.9.